The highest BCUT2D eigenvalue weighted by molar-refractivity contribution is 5.87. The molecule has 0 bridgehead atoms. The molecule has 104 valence electrons. The topological polar surface area (TPSA) is 63.6 Å². The van der Waals surface area contributed by atoms with E-state index >= 15 is 0 Å². The Bertz CT molecular complexity index is 321. The molecule has 18 heavy (non-hydrogen) atoms. The van der Waals surface area contributed by atoms with Crippen LogP contribution in [0.1, 0.15) is 32.6 Å². The Balaban J connectivity index is 4.29. The number of hydrogen-bond acceptors (Lipinski definition) is 3. The van der Waals surface area contributed by atoms with Crippen LogP contribution in [0.4, 0.5) is 13.2 Å². The van der Waals surface area contributed by atoms with Gasteiger partial charge in [0, 0.05) is 0 Å². The summed E-state index contributed by atoms with van der Waals surface area (Å²) >= 11 is 0. The first kappa shape index (κ1) is 16.5. The van der Waals surface area contributed by atoms with E-state index in [4.69, 9.17) is 5.11 Å². The van der Waals surface area contributed by atoms with Crippen LogP contribution in [0, 0.1) is 0 Å². The van der Waals surface area contributed by atoms with Crippen LogP contribution < -0.4 is 0 Å². The third-order valence-electron chi connectivity index (χ3n) is 2.06. The lowest BCUT2D eigenvalue weighted by molar-refractivity contribution is -0.198. The van der Waals surface area contributed by atoms with E-state index in [0.29, 0.717) is 6.42 Å². The van der Waals surface area contributed by atoms with E-state index in [-0.39, 0.29) is 5.57 Å². The van der Waals surface area contributed by atoms with Crippen molar-refractivity contribution in [3.63, 3.8) is 0 Å². The van der Waals surface area contributed by atoms with Crippen LogP contribution in [-0.2, 0) is 14.3 Å². The van der Waals surface area contributed by atoms with Gasteiger partial charge in [-0.25, -0.2) is 9.59 Å². The summed E-state index contributed by atoms with van der Waals surface area (Å²) in [5, 5.41) is 8.70. The van der Waals surface area contributed by atoms with E-state index in [1.807, 2.05) is 6.92 Å². The van der Waals surface area contributed by atoms with E-state index in [0.717, 1.165) is 19.3 Å². The van der Waals surface area contributed by atoms with Gasteiger partial charge in [-0.05, 0) is 12.8 Å². The summed E-state index contributed by atoms with van der Waals surface area (Å²) in [7, 11) is 0. The Hall–Kier alpha value is -1.53. The summed E-state index contributed by atoms with van der Waals surface area (Å²) in [6.45, 7) is 1.09. The summed E-state index contributed by atoms with van der Waals surface area (Å²) in [5.41, 5.74) is -0.344. The van der Waals surface area contributed by atoms with Gasteiger partial charge in [0.15, 0.2) is 0 Å². The first-order chi connectivity index (χ1) is 8.29. The second-order valence-electron chi connectivity index (χ2n) is 3.60. The average molecular weight is 268 g/mol. The number of alkyl halides is 3. The summed E-state index contributed by atoms with van der Waals surface area (Å²) < 4.78 is 39.3. The van der Waals surface area contributed by atoms with Crippen molar-refractivity contribution in [3.05, 3.63) is 11.6 Å². The van der Waals surface area contributed by atoms with E-state index in [2.05, 4.69) is 4.74 Å². The Morgan fingerprint density at radius 2 is 1.89 bits per heavy atom. The smallest absolute Gasteiger partial charge is 0.478 e. The maximum atomic E-state index is 11.8. The maximum absolute atomic E-state index is 11.8. The van der Waals surface area contributed by atoms with Gasteiger partial charge in [-0.15, -0.1) is 0 Å². The van der Waals surface area contributed by atoms with Gasteiger partial charge in [-0.3, -0.25) is 0 Å². The van der Waals surface area contributed by atoms with Crippen molar-refractivity contribution in [2.75, 3.05) is 6.61 Å². The summed E-state index contributed by atoms with van der Waals surface area (Å²) in [6, 6.07) is 0. The number of halogens is 3. The van der Waals surface area contributed by atoms with Crippen LogP contribution in [0.3, 0.4) is 0 Å². The SMILES string of the molecule is CCCCCC=C(COC(=O)C(F)(F)F)C(=O)O. The molecule has 0 aromatic heterocycles. The predicted octanol–water partition coefficient (Wildman–Crippen LogP) is 2.68. The second-order valence-corrected chi connectivity index (χ2v) is 3.60. The quantitative estimate of drug-likeness (QED) is 0.438. The molecule has 0 spiro atoms. The van der Waals surface area contributed by atoms with Gasteiger partial charge < -0.3 is 9.84 Å². The van der Waals surface area contributed by atoms with Crippen molar-refractivity contribution < 1.29 is 32.6 Å². The van der Waals surface area contributed by atoms with E-state index in [1.54, 1.807) is 0 Å². The minimum Gasteiger partial charge on any atom is -0.478 e. The highest BCUT2D eigenvalue weighted by Gasteiger charge is 2.41. The highest BCUT2D eigenvalue weighted by atomic mass is 19.4. The van der Waals surface area contributed by atoms with Crippen LogP contribution in [0.15, 0.2) is 11.6 Å². The molecule has 0 radical (unpaired) electrons. The van der Waals surface area contributed by atoms with Gasteiger partial charge in [-0.2, -0.15) is 13.2 Å². The molecule has 0 saturated carbocycles. The fraction of sp³-hybridized carbons (Fsp3) is 0.636. The van der Waals surface area contributed by atoms with Crippen LogP contribution in [-0.4, -0.2) is 29.8 Å². The zero-order valence-corrected chi connectivity index (χ0v) is 9.92. The number of unbranched alkanes of at least 4 members (excludes halogenated alkanes) is 3. The first-order valence-corrected chi connectivity index (χ1v) is 5.45. The molecule has 0 heterocycles. The monoisotopic (exact) mass is 268 g/mol. The molecular weight excluding hydrogens is 253 g/mol. The Morgan fingerprint density at radius 1 is 1.28 bits per heavy atom. The van der Waals surface area contributed by atoms with Crippen LogP contribution >= 0.6 is 0 Å². The number of carboxylic acid groups (broad SMARTS) is 1. The zero-order chi connectivity index (χ0) is 14.2. The predicted molar refractivity (Wildman–Crippen MR) is 56.9 cm³/mol. The van der Waals surface area contributed by atoms with Crippen molar-refractivity contribution in [3.8, 4) is 0 Å². The summed E-state index contributed by atoms with van der Waals surface area (Å²) in [5.74, 6) is -3.77. The molecule has 0 atom stereocenters. The summed E-state index contributed by atoms with van der Waals surface area (Å²) in [4.78, 5) is 21.1. The second kappa shape index (κ2) is 7.73. The maximum Gasteiger partial charge on any atom is 0.490 e. The molecule has 7 heteroatoms. The molecule has 0 aliphatic rings. The number of carbonyl (C=O) groups is 2. The molecule has 0 aromatic rings. The third-order valence-corrected chi connectivity index (χ3v) is 2.06. The van der Waals surface area contributed by atoms with Crippen molar-refractivity contribution in [2.24, 2.45) is 0 Å². The van der Waals surface area contributed by atoms with Crippen molar-refractivity contribution >= 4 is 11.9 Å². The zero-order valence-electron chi connectivity index (χ0n) is 9.92. The molecule has 0 unspecified atom stereocenters. The third kappa shape index (κ3) is 6.93. The van der Waals surface area contributed by atoms with Gasteiger partial charge in [0.1, 0.15) is 6.61 Å². The van der Waals surface area contributed by atoms with Crippen molar-refractivity contribution in [2.45, 2.75) is 38.8 Å². The van der Waals surface area contributed by atoms with Gasteiger partial charge in [0.2, 0.25) is 0 Å². The molecule has 0 amide bonds. The number of aliphatic carboxylic acids is 1. The lowest BCUT2D eigenvalue weighted by Crippen LogP contribution is -2.27. The molecule has 4 nitrogen and oxygen atoms in total. The number of allylic oxidation sites excluding steroid dienone is 1. The van der Waals surface area contributed by atoms with Crippen LogP contribution in [0.2, 0.25) is 0 Å². The van der Waals surface area contributed by atoms with Crippen molar-refractivity contribution in [1.29, 1.82) is 0 Å². The standard InChI is InChI=1S/C11H15F3O4/c1-2-3-4-5-6-8(9(15)16)7-18-10(17)11(12,13)14/h6H,2-5,7H2,1H3,(H,15,16). The molecule has 0 aliphatic carbocycles. The molecule has 0 rings (SSSR count). The largest absolute Gasteiger partial charge is 0.490 e. The van der Waals surface area contributed by atoms with Gasteiger partial charge in [0.25, 0.3) is 0 Å². The first-order valence-electron chi connectivity index (χ1n) is 5.45. The highest BCUT2D eigenvalue weighted by Crippen LogP contribution is 2.17. The average Bonchev–Trinajstić information content (AvgIpc) is 2.25. The Kier molecular flexibility index (Phi) is 7.07. The molecule has 0 aromatic carbocycles. The molecular formula is C11H15F3O4. The number of esters is 1. The Labute approximate surface area is 102 Å². The number of carboxylic acids is 1. The lowest BCUT2D eigenvalue weighted by atomic mass is 10.1. The van der Waals surface area contributed by atoms with E-state index < -0.39 is 24.7 Å². The van der Waals surface area contributed by atoms with Gasteiger partial charge in [-0.1, -0.05) is 25.8 Å². The van der Waals surface area contributed by atoms with Gasteiger partial charge in [0.05, 0.1) is 5.57 Å². The number of hydrogen-bond donors (Lipinski definition) is 1. The number of ether oxygens (including phenoxy) is 1. The molecule has 0 fully saturated rings. The molecule has 1 N–H and O–H groups in total. The van der Waals surface area contributed by atoms with E-state index in [9.17, 15) is 22.8 Å². The summed E-state index contributed by atoms with van der Waals surface area (Å²) in [6.07, 6.45) is -0.821. The fourth-order valence-electron chi connectivity index (χ4n) is 1.10. The minimum atomic E-state index is -5.11. The molecule has 0 saturated heterocycles. The van der Waals surface area contributed by atoms with Crippen molar-refractivity contribution in [1.82, 2.24) is 0 Å². The lowest BCUT2D eigenvalue weighted by Gasteiger charge is -2.07. The number of rotatable bonds is 7. The minimum absolute atomic E-state index is 0.344. The molecule has 0 aliphatic heterocycles. The number of carbonyl (C=O) groups excluding carboxylic acids is 1. The van der Waals surface area contributed by atoms with Gasteiger partial charge >= 0.3 is 18.1 Å². The fourth-order valence-corrected chi connectivity index (χ4v) is 1.10. The Morgan fingerprint density at radius 3 is 2.33 bits per heavy atom. The van der Waals surface area contributed by atoms with Crippen LogP contribution in [0.5, 0.6) is 0 Å². The normalized spacial score (nSPS) is 12.3. The van der Waals surface area contributed by atoms with E-state index in [1.165, 1.54) is 6.08 Å². The van der Waals surface area contributed by atoms with Crippen LogP contribution in [0.25, 0.3) is 0 Å².